The van der Waals surface area contributed by atoms with Gasteiger partial charge >= 0.3 is 5.91 Å². The molecule has 22 heavy (non-hydrogen) atoms. The fourth-order valence-corrected chi connectivity index (χ4v) is 2.53. The first-order chi connectivity index (χ1) is 10.6. The van der Waals surface area contributed by atoms with Gasteiger partial charge in [0, 0.05) is 16.9 Å². The number of hydrogen-bond donors (Lipinski definition) is 1. The van der Waals surface area contributed by atoms with E-state index in [4.69, 9.17) is 6.42 Å². The van der Waals surface area contributed by atoms with Crippen LogP contribution in [0.5, 0.6) is 0 Å². The van der Waals surface area contributed by atoms with Crippen LogP contribution in [0, 0.1) is 18.2 Å². The summed E-state index contributed by atoms with van der Waals surface area (Å²) in [6, 6.07) is 11.5. The number of carbonyl (C=O) groups excluding carboxylic acids is 2. The Labute approximate surface area is 126 Å². The van der Waals surface area contributed by atoms with Gasteiger partial charge in [-0.1, -0.05) is 24.3 Å². The molecule has 5 heteroatoms. The summed E-state index contributed by atoms with van der Waals surface area (Å²) in [4.78, 5) is 25.6. The van der Waals surface area contributed by atoms with Crippen molar-refractivity contribution in [3.05, 3.63) is 59.9 Å². The second-order valence-corrected chi connectivity index (χ2v) is 4.78. The lowest BCUT2D eigenvalue weighted by Gasteiger charge is -2.26. The van der Waals surface area contributed by atoms with Gasteiger partial charge in [0.05, 0.1) is 0 Å². The van der Waals surface area contributed by atoms with Crippen LogP contribution in [0.1, 0.15) is 11.6 Å². The lowest BCUT2D eigenvalue weighted by Crippen LogP contribution is -2.37. The van der Waals surface area contributed by atoms with Crippen LogP contribution in [0.3, 0.4) is 0 Å². The zero-order valence-corrected chi connectivity index (χ0v) is 11.4. The predicted octanol–water partition coefficient (Wildman–Crippen LogP) is 2.49. The van der Waals surface area contributed by atoms with Gasteiger partial charge in [-0.05, 0) is 30.2 Å². The second kappa shape index (κ2) is 5.34. The van der Waals surface area contributed by atoms with Gasteiger partial charge in [0.1, 0.15) is 11.9 Å². The number of benzene rings is 2. The number of amides is 2. The maximum absolute atomic E-state index is 13.5. The maximum Gasteiger partial charge on any atom is 0.303 e. The molecule has 0 saturated heterocycles. The second-order valence-electron chi connectivity index (χ2n) is 4.78. The topological polar surface area (TPSA) is 49.4 Å². The van der Waals surface area contributed by atoms with E-state index in [0.29, 0.717) is 11.3 Å². The van der Waals surface area contributed by atoms with Crippen molar-refractivity contribution in [2.75, 3.05) is 10.2 Å². The van der Waals surface area contributed by atoms with Gasteiger partial charge in [-0.2, -0.15) is 0 Å². The van der Waals surface area contributed by atoms with Crippen molar-refractivity contribution < 1.29 is 14.0 Å². The van der Waals surface area contributed by atoms with Crippen molar-refractivity contribution in [1.82, 2.24) is 0 Å². The van der Waals surface area contributed by atoms with Crippen LogP contribution in [-0.4, -0.2) is 11.8 Å². The Morgan fingerprint density at radius 3 is 2.73 bits per heavy atom. The minimum Gasteiger partial charge on any atom is -0.324 e. The Kier molecular flexibility index (Phi) is 3.36. The minimum absolute atomic E-state index is 0.236. The normalized spacial score (nSPS) is 15.6. The quantitative estimate of drug-likeness (QED) is 0.865. The molecule has 1 aliphatic heterocycles. The Morgan fingerprint density at radius 2 is 2.00 bits per heavy atom. The summed E-state index contributed by atoms with van der Waals surface area (Å²) >= 11 is 0. The minimum atomic E-state index is -0.915. The third-order valence-corrected chi connectivity index (χ3v) is 3.45. The first-order valence-corrected chi connectivity index (χ1v) is 6.57. The van der Waals surface area contributed by atoms with Crippen LogP contribution in [0.25, 0.3) is 0 Å². The van der Waals surface area contributed by atoms with Crippen molar-refractivity contribution in [2.24, 2.45) is 0 Å². The molecule has 0 aliphatic carbocycles. The van der Waals surface area contributed by atoms with Gasteiger partial charge in [-0.15, -0.1) is 6.42 Å². The smallest absolute Gasteiger partial charge is 0.303 e. The number of fused-ring (bicyclic) bond motifs is 1. The molecule has 0 radical (unpaired) electrons. The summed E-state index contributed by atoms with van der Waals surface area (Å²) in [6.07, 6.45) is 5.21. The Hall–Kier alpha value is -3.13. The number of nitrogens with one attached hydrogen (secondary N) is 1. The van der Waals surface area contributed by atoms with Crippen molar-refractivity contribution in [2.45, 2.75) is 6.04 Å². The molecule has 1 atom stereocenters. The SMILES string of the molecule is C#CC(=O)N(c1cccc(F)c1)C1C(=O)Nc2ccccc21. The van der Waals surface area contributed by atoms with Crippen LogP contribution >= 0.6 is 0 Å². The summed E-state index contributed by atoms with van der Waals surface area (Å²) in [7, 11) is 0. The summed E-state index contributed by atoms with van der Waals surface area (Å²) < 4.78 is 13.5. The van der Waals surface area contributed by atoms with E-state index < -0.39 is 17.8 Å². The average molecular weight is 294 g/mol. The molecule has 1 aliphatic rings. The van der Waals surface area contributed by atoms with Crippen LogP contribution in [0.2, 0.25) is 0 Å². The number of para-hydroxylation sites is 1. The summed E-state index contributed by atoms with van der Waals surface area (Å²) in [5, 5.41) is 2.70. The Bertz CT molecular complexity index is 810. The van der Waals surface area contributed by atoms with Crippen molar-refractivity contribution >= 4 is 23.2 Å². The zero-order chi connectivity index (χ0) is 15.7. The number of rotatable bonds is 2. The van der Waals surface area contributed by atoms with Gasteiger partial charge in [0.25, 0.3) is 5.91 Å². The van der Waals surface area contributed by atoms with Gasteiger partial charge in [0.15, 0.2) is 0 Å². The van der Waals surface area contributed by atoms with E-state index in [9.17, 15) is 14.0 Å². The van der Waals surface area contributed by atoms with Gasteiger partial charge in [-0.25, -0.2) is 4.39 Å². The summed E-state index contributed by atoms with van der Waals surface area (Å²) in [5.74, 6) is 0.394. The van der Waals surface area contributed by atoms with Crippen LogP contribution < -0.4 is 10.2 Å². The third-order valence-electron chi connectivity index (χ3n) is 3.45. The molecular weight excluding hydrogens is 283 g/mol. The number of halogens is 1. The third kappa shape index (κ3) is 2.21. The average Bonchev–Trinajstić information content (AvgIpc) is 2.84. The molecule has 0 fully saturated rings. The lowest BCUT2D eigenvalue weighted by molar-refractivity contribution is -0.120. The molecule has 0 aromatic heterocycles. The van der Waals surface area contributed by atoms with Crippen LogP contribution in [0.15, 0.2) is 48.5 Å². The number of hydrogen-bond acceptors (Lipinski definition) is 2. The van der Waals surface area contributed by atoms with Crippen molar-refractivity contribution in [3.63, 3.8) is 0 Å². The summed E-state index contributed by atoms with van der Waals surface area (Å²) in [6.45, 7) is 0. The molecule has 0 bridgehead atoms. The number of anilines is 2. The lowest BCUT2D eigenvalue weighted by atomic mass is 10.1. The van der Waals surface area contributed by atoms with E-state index in [2.05, 4.69) is 5.32 Å². The highest BCUT2D eigenvalue weighted by molar-refractivity contribution is 6.14. The predicted molar refractivity (Wildman–Crippen MR) is 80.5 cm³/mol. The fourth-order valence-electron chi connectivity index (χ4n) is 2.53. The van der Waals surface area contributed by atoms with Gasteiger partial charge in [-0.3, -0.25) is 14.5 Å². The highest BCUT2D eigenvalue weighted by Crippen LogP contribution is 2.37. The summed E-state index contributed by atoms with van der Waals surface area (Å²) in [5.41, 5.74) is 1.48. The van der Waals surface area contributed by atoms with Crippen LogP contribution in [-0.2, 0) is 9.59 Å². The van der Waals surface area contributed by atoms with E-state index in [-0.39, 0.29) is 11.6 Å². The van der Waals surface area contributed by atoms with E-state index >= 15 is 0 Å². The Morgan fingerprint density at radius 1 is 1.23 bits per heavy atom. The molecule has 3 rings (SSSR count). The van der Waals surface area contributed by atoms with Gasteiger partial charge in [0.2, 0.25) is 0 Å². The molecule has 1 N–H and O–H groups in total. The van der Waals surface area contributed by atoms with E-state index in [1.54, 1.807) is 24.3 Å². The molecule has 108 valence electrons. The number of nitrogens with zero attached hydrogens (tertiary/aromatic N) is 1. The first kappa shape index (κ1) is 13.8. The van der Waals surface area contributed by atoms with Crippen LogP contribution in [0.4, 0.5) is 15.8 Å². The van der Waals surface area contributed by atoms with Gasteiger partial charge < -0.3 is 5.32 Å². The molecule has 0 spiro atoms. The van der Waals surface area contributed by atoms with E-state index in [1.165, 1.54) is 24.3 Å². The number of carbonyl (C=O) groups is 2. The molecule has 4 nitrogen and oxygen atoms in total. The highest BCUT2D eigenvalue weighted by Gasteiger charge is 2.38. The molecule has 1 heterocycles. The molecular formula is C17H11FN2O2. The number of terminal acetylenes is 1. The highest BCUT2D eigenvalue weighted by atomic mass is 19.1. The Balaban J connectivity index is 2.14. The molecule has 2 aromatic carbocycles. The first-order valence-electron chi connectivity index (χ1n) is 6.57. The molecule has 0 saturated carbocycles. The van der Waals surface area contributed by atoms with E-state index in [1.807, 2.05) is 5.92 Å². The van der Waals surface area contributed by atoms with Crippen molar-refractivity contribution in [3.8, 4) is 12.3 Å². The van der Waals surface area contributed by atoms with Crippen molar-refractivity contribution in [1.29, 1.82) is 0 Å². The van der Waals surface area contributed by atoms with E-state index in [0.717, 1.165) is 4.90 Å². The molecule has 2 amide bonds. The molecule has 2 aromatic rings. The largest absolute Gasteiger partial charge is 0.324 e. The monoisotopic (exact) mass is 294 g/mol. The molecule has 1 unspecified atom stereocenters. The fraction of sp³-hybridized carbons (Fsp3) is 0.0588. The maximum atomic E-state index is 13.5. The zero-order valence-electron chi connectivity index (χ0n) is 11.4. The standard InChI is InChI=1S/C17H11FN2O2/c1-2-15(21)20(12-7-5-6-11(18)10-12)16-13-8-3-4-9-14(13)19-17(16)22/h1,3-10,16H,(H,19,22).